The van der Waals surface area contributed by atoms with Gasteiger partial charge in [0.1, 0.15) is 0 Å². The van der Waals surface area contributed by atoms with E-state index in [2.05, 4.69) is 85.5 Å². The normalized spacial score (nSPS) is 11.3. The molecule has 0 aliphatic heterocycles. The summed E-state index contributed by atoms with van der Waals surface area (Å²) in [6.07, 6.45) is 14.9. The highest BCUT2D eigenvalue weighted by Crippen LogP contribution is 2.19. The van der Waals surface area contributed by atoms with Crippen LogP contribution in [-0.2, 0) is 6.42 Å². The van der Waals surface area contributed by atoms with E-state index in [0.717, 1.165) is 25.7 Å². The monoisotopic (exact) mass is 288 g/mol. The van der Waals surface area contributed by atoms with E-state index in [1.54, 1.807) is 0 Å². The van der Waals surface area contributed by atoms with Crippen LogP contribution in [0.3, 0.4) is 0 Å². The van der Waals surface area contributed by atoms with Crippen LogP contribution in [0.2, 0.25) is 0 Å². The Labute approximate surface area is 134 Å². The number of allylic oxidation sites excluding steroid dienone is 5. The Morgan fingerprint density at radius 1 is 0.682 bits per heavy atom. The third kappa shape index (κ3) is 5.57. The number of benzene rings is 2. The summed E-state index contributed by atoms with van der Waals surface area (Å²) in [6.45, 7) is 3.70. The molecule has 0 saturated carbocycles. The quantitative estimate of drug-likeness (QED) is 0.495. The topological polar surface area (TPSA) is 0 Å². The van der Waals surface area contributed by atoms with Gasteiger partial charge in [0.2, 0.25) is 0 Å². The Morgan fingerprint density at radius 3 is 2.05 bits per heavy atom. The second kappa shape index (κ2) is 9.57. The lowest BCUT2D eigenvalue weighted by Gasteiger charge is -2.03. The number of aryl methyl sites for hydroxylation is 1. The fourth-order valence-corrected chi connectivity index (χ4v) is 2.33. The highest BCUT2D eigenvalue weighted by Gasteiger charge is 1.96. The van der Waals surface area contributed by atoms with E-state index in [-0.39, 0.29) is 0 Å². The van der Waals surface area contributed by atoms with Crippen LogP contribution >= 0.6 is 0 Å². The van der Waals surface area contributed by atoms with Crippen LogP contribution in [0.25, 0.3) is 11.1 Å². The van der Waals surface area contributed by atoms with Crippen molar-refractivity contribution in [2.24, 2.45) is 0 Å². The van der Waals surface area contributed by atoms with E-state index in [9.17, 15) is 0 Å². The molecule has 0 amide bonds. The van der Waals surface area contributed by atoms with Gasteiger partial charge >= 0.3 is 0 Å². The van der Waals surface area contributed by atoms with Gasteiger partial charge < -0.3 is 0 Å². The van der Waals surface area contributed by atoms with E-state index in [1.807, 2.05) is 6.08 Å². The molecule has 0 heterocycles. The zero-order valence-electron chi connectivity index (χ0n) is 13.1. The van der Waals surface area contributed by atoms with Crippen molar-refractivity contribution in [3.05, 3.63) is 97.1 Å². The van der Waals surface area contributed by atoms with Gasteiger partial charge in [-0.3, -0.25) is 0 Å². The Balaban J connectivity index is 1.77. The first-order valence-corrected chi connectivity index (χ1v) is 7.95. The molecule has 2 aromatic carbocycles. The number of hydrogen-bond acceptors (Lipinski definition) is 0. The third-order valence-electron chi connectivity index (χ3n) is 3.57. The molecule has 0 unspecified atom stereocenters. The van der Waals surface area contributed by atoms with Gasteiger partial charge in [-0.25, -0.2) is 0 Å². The summed E-state index contributed by atoms with van der Waals surface area (Å²) in [5.41, 5.74) is 3.96. The first-order valence-electron chi connectivity index (χ1n) is 7.95. The van der Waals surface area contributed by atoms with Gasteiger partial charge in [0.15, 0.2) is 0 Å². The van der Waals surface area contributed by atoms with Gasteiger partial charge in [-0.1, -0.05) is 85.0 Å². The average molecular weight is 288 g/mol. The Kier molecular flexibility index (Phi) is 6.98. The lowest BCUT2D eigenvalue weighted by molar-refractivity contribution is 0.996. The maximum atomic E-state index is 3.70. The summed E-state index contributed by atoms with van der Waals surface area (Å²) in [5.74, 6) is 0. The van der Waals surface area contributed by atoms with Crippen LogP contribution in [-0.4, -0.2) is 0 Å². The van der Waals surface area contributed by atoms with Crippen LogP contribution in [0, 0.1) is 0 Å². The molecule has 22 heavy (non-hydrogen) atoms. The van der Waals surface area contributed by atoms with Crippen LogP contribution in [0.5, 0.6) is 0 Å². The molecule has 0 nitrogen and oxygen atoms in total. The minimum absolute atomic E-state index is 0.960. The largest absolute Gasteiger partial charge is 0.103 e. The molecule has 0 aromatic heterocycles. The smallest absolute Gasteiger partial charge is 0.0169 e. The molecule has 0 saturated heterocycles. The molecule has 0 N–H and O–H groups in total. The Hall–Kier alpha value is -2.34. The van der Waals surface area contributed by atoms with E-state index in [4.69, 9.17) is 0 Å². The molecule has 0 radical (unpaired) electrons. The Morgan fingerprint density at radius 2 is 1.32 bits per heavy atom. The van der Waals surface area contributed by atoms with E-state index in [0.29, 0.717) is 0 Å². The fourth-order valence-electron chi connectivity index (χ4n) is 2.33. The Bertz CT molecular complexity index is 600. The molecular formula is C22H24. The van der Waals surface area contributed by atoms with E-state index < -0.39 is 0 Å². The lowest BCUT2D eigenvalue weighted by Crippen LogP contribution is -1.84. The third-order valence-corrected chi connectivity index (χ3v) is 3.57. The van der Waals surface area contributed by atoms with Crippen molar-refractivity contribution < 1.29 is 0 Å². The van der Waals surface area contributed by atoms with Crippen LogP contribution < -0.4 is 0 Å². The molecule has 0 fully saturated rings. The molecule has 112 valence electrons. The molecular weight excluding hydrogens is 264 g/mol. The van der Waals surface area contributed by atoms with Crippen molar-refractivity contribution in [3.8, 4) is 11.1 Å². The minimum Gasteiger partial charge on any atom is -0.103 e. The summed E-state index contributed by atoms with van der Waals surface area (Å²) in [5, 5.41) is 0. The fraction of sp³-hybridized carbons (Fsp3) is 0.182. The second-order valence-corrected chi connectivity index (χ2v) is 5.30. The van der Waals surface area contributed by atoms with Gasteiger partial charge in [-0.05, 0) is 42.4 Å². The van der Waals surface area contributed by atoms with E-state index in [1.165, 1.54) is 16.7 Å². The summed E-state index contributed by atoms with van der Waals surface area (Å²) < 4.78 is 0. The molecule has 2 aromatic rings. The molecule has 2 rings (SSSR count). The second-order valence-electron chi connectivity index (χ2n) is 5.30. The minimum atomic E-state index is 0.960. The van der Waals surface area contributed by atoms with Crippen molar-refractivity contribution in [1.82, 2.24) is 0 Å². The van der Waals surface area contributed by atoms with E-state index >= 15 is 0 Å². The number of hydrogen-bond donors (Lipinski definition) is 0. The summed E-state index contributed by atoms with van der Waals surface area (Å²) >= 11 is 0. The molecule has 0 atom stereocenters. The van der Waals surface area contributed by atoms with Crippen LogP contribution in [0.15, 0.2) is 91.6 Å². The lowest BCUT2D eigenvalue weighted by atomic mass is 10.0. The van der Waals surface area contributed by atoms with Crippen LogP contribution in [0.4, 0.5) is 0 Å². The maximum absolute atomic E-state index is 3.70. The number of rotatable bonds is 8. The average Bonchev–Trinajstić information content (AvgIpc) is 2.59. The van der Waals surface area contributed by atoms with Gasteiger partial charge in [0, 0.05) is 0 Å². The SMILES string of the molecule is C=CC/C=C/C/C=C/CCc1ccc(-c2ccccc2)cc1. The van der Waals surface area contributed by atoms with Crippen molar-refractivity contribution in [2.75, 3.05) is 0 Å². The predicted molar refractivity (Wildman–Crippen MR) is 97.9 cm³/mol. The molecule has 0 heteroatoms. The predicted octanol–water partition coefficient (Wildman–Crippen LogP) is 6.36. The van der Waals surface area contributed by atoms with Crippen molar-refractivity contribution in [3.63, 3.8) is 0 Å². The molecule has 0 bridgehead atoms. The van der Waals surface area contributed by atoms with Gasteiger partial charge in [0.05, 0.1) is 0 Å². The zero-order valence-corrected chi connectivity index (χ0v) is 13.1. The highest BCUT2D eigenvalue weighted by atomic mass is 14.0. The van der Waals surface area contributed by atoms with Crippen LogP contribution in [0.1, 0.15) is 24.8 Å². The summed E-state index contributed by atoms with van der Waals surface area (Å²) in [7, 11) is 0. The van der Waals surface area contributed by atoms with Crippen molar-refractivity contribution >= 4 is 0 Å². The van der Waals surface area contributed by atoms with Crippen molar-refractivity contribution in [2.45, 2.75) is 25.7 Å². The molecule has 0 spiro atoms. The zero-order chi connectivity index (χ0) is 15.5. The standard InChI is InChI=1S/C22H24/c1-2-3-4-5-6-7-8-10-13-20-16-18-22(19-17-20)21-14-11-9-12-15-21/h2,4-5,7-9,11-12,14-19H,1,3,6,10,13H2/b5-4+,8-7+. The van der Waals surface area contributed by atoms with Gasteiger partial charge in [0.25, 0.3) is 0 Å². The molecule has 0 aliphatic rings. The highest BCUT2D eigenvalue weighted by molar-refractivity contribution is 5.63. The van der Waals surface area contributed by atoms with Gasteiger partial charge in [-0.15, -0.1) is 6.58 Å². The van der Waals surface area contributed by atoms with Crippen molar-refractivity contribution in [1.29, 1.82) is 0 Å². The first-order chi connectivity index (χ1) is 10.9. The first kappa shape index (κ1) is 16.0. The summed E-state index contributed by atoms with van der Waals surface area (Å²) in [4.78, 5) is 0. The maximum Gasteiger partial charge on any atom is -0.0169 e. The summed E-state index contributed by atoms with van der Waals surface area (Å²) in [6, 6.07) is 19.4. The molecule has 0 aliphatic carbocycles. The van der Waals surface area contributed by atoms with Gasteiger partial charge in [-0.2, -0.15) is 0 Å².